The molecule has 5 nitrogen and oxygen atoms in total. The molecule has 0 aliphatic heterocycles. The quantitative estimate of drug-likeness (QED) is 0.597. The fourth-order valence-corrected chi connectivity index (χ4v) is 1.73. The van der Waals surface area contributed by atoms with Gasteiger partial charge in [0.2, 0.25) is 0 Å². The van der Waals surface area contributed by atoms with Crippen molar-refractivity contribution in [1.29, 1.82) is 0 Å². The summed E-state index contributed by atoms with van der Waals surface area (Å²) in [6.07, 6.45) is 0. The molecule has 2 amide bonds. The Labute approximate surface area is 123 Å². The van der Waals surface area contributed by atoms with Crippen LogP contribution in [0.2, 0.25) is 0 Å². The molecule has 0 spiro atoms. The van der Waals surface area contributed by atoms with Crippen LogP contribution < -0.4 is 15.4 Å². The third kappa shape index (κ3) is 4.42. The first-order valence-electron chi connectivity index (χ1n) is 6.58. The molecule has 2 aromatic rings. The Bertz CT molecular complexity index is 624. The van der Waals surface area contributed by atoms with Gasteiger partial charge in [-0.1, -0.05) is 23.8 Å². The van der Waals surface area contributed by atoms with Gasteiger partial charge in [-0.2, -0.15) is 0 Å². The third-order valence-electron chi connectivity index (χ3n) is 2.89. The van der Waals surface area contributed by atoms with Crippen LogP contribution in [0.3, 0.4) is 0 Å². The van der Waals surface area contributed by atoms with Crippen LogP contribution in [0, 0.1) is 13.8 Å². The lowest BCUT2D eigenvalue weighted by Gasteiger charge is -2.10. The maximum atomic E-state index is 11.7. The summed E-state index contributed by atoms with van der Waals surface area (Å²) in [7, 11) is 0. The summed E-state index contributed by atoms with van der Waals surface area (Å²) < 4.78 is 5.38. The first-order chi connectivity index (χ1) is 10.0. The van der Waals surface area contributed by atoms with Crippen molar-refractivity contribution in [2.45, 2.75) is 13.8 Å². The molecule has 0 aliphatic carbocycles. The molecular weight excluding hydrogens is 268 g/mol. The fraction of sp³-hybridized carbons (Fsp3) is 0.188. The van der Waals surface area contributed by atoms with Gasteiger partial charge in [-0.05, 0) is 43.7 Å². The maximum Gasteiger partial charge on any atom is 0.321 e. The SMILES string of the molecule is Cc1ccc(OCNC(=O)Nc2ccc(C)cc2O)cc1. The van der Waals surface area contributed by atoms with Crippen molar-refractivity contribution in [1.82, 2.24) is 5.32 Å². The Morgan fingerprint density at radius 2 is 1.76 bits per heavy atom. The number of amides is 2. The van der Waals surface area contributed by atoms with Crippen LogP contribution >= 0.6 is 0 Å². The number of carbonyl (C=O) groups excluding carboxylic acids is 1. The highest BCUT2D eigenvalue weighted by molar-refractivity contribution is 5.90. The molecule has 0 bridgehead atoms. The van der Waals surface area contributed by atoms with E-state index in [1.807, 2.05) is 38.1 Å². The molecule has 110 valence electrons. The average Bonchev–Trinajstić information content (AvgIpc) is 2.44. The summed E-state index contributed by atoms with van der Waals surface area (Å²) in [5.41, 5.74) is 2.41. The number of hydrogen-bond donors (Lipinski definition) is 3. The van der Waals surface area contributed by atoms with Gasteiger partial charge in [-0.25, -0.2) is 4.79 Å². The minimum Gasteiger partial charge on any atom is -0.506 e. The third-order valence-corrected chi connectivity index (χ3v) is 2.89. The topological polar surface area (TPSA) is 70.6 Å². The van der Waals surface area contributed by atoms with Gasteiger partial charge in [0.25, 0.3) is 0 Å². The minimum absolute atomic E-state index is 0.0320. The van der Waals surface area contributed by atoms with Gasteiger partial charge in [0.15, 0.2) is 6.73 Å². The first kappa shape index (κ1) is 14.7. The largest absolute Gasteiger partial charge is 0.506 e. The number of rotatable bonds is 4. The molecule has 0 unspecified atom stereocenters. The van der Waals surface area contributed by atoms with Gasteiger partial charge >= 0.3 is 6.03 Å². The van der Waals surface area contributed by atoms with Gasteiger partial charge in [0.1, 0.15) is 11.5 Å². The number of benzene rings is 2. The van der Waals surface area contributed by atoms with E-state index in [1.165, 1.54) is 0 Å². The van der Waals surface area contributed by atoms with Crippen LogP contribution in [0.25, 0.3) is 0 Å². The summed E-state index contributed by atoms with van der Waals surface area (Å²) in [6.45, 7) is 3.89. The van der Waals surface area contributed by atoms with Gasteiger partial charge in [-0.15, -0.1) is 0 Å². The maximum absolute atomic E-state index is 11.7. The molecule has 3 N–H and O–H groups in total. The summed E-state index contributed by atoms with van der Waals surface area (Å²) >= 11 is 0. The summed E-state index contributed by atoms with van der Waals surface area (Å²) in [5, 5.41) is 14.8. The fourth-order valence-electron chi connectivity index (χ4n) is 1.73. The van der Waals surface area contributed by atoms with E-state index in [0.29, 0.717) is 11.4 Å². The number of anilines is 1. The Morgan fingerprint density at radius 3 is 2.43 bits per heavy atom. The molecule has 0 atom stereocenters. The lowest BCUT2D eigenvalue weighted by atomic mass is 10.2. The molecule has 2 rings (SSSR count). The zero-order valence-corrected chi connectivity index (χ0v) is 12.0. The van der Waals surface area contributed by atoms with E-state index in [-0.39, 0.29) is 12.5 Å². The molecule has 21 heavy (non-hydrogen) atoms. The summed E-state index contributed by atoms with van der Waals surface area (Å²) in [5.74, 6) is 0.712. The lowest BCUT2D eigenvalue weighted by Crippen LogP contribution is -2.32. The van der Waals surface area contributed by atoms with Crippen LogP contribution in [0.5, 0.6) is 11.5 Å². The molecule has 2 aromatic carbocycles. The number of aromatic hydroxyl groups is 1. The van der Waals surface area contributed by atoms with Crippen molar-refractivity contribution in [3.8, 4) is 11.5 Å². The monoisotopic (exact) mass is 286 g/mol. The number of aryl methyl sites for hydroxylation is 2. The molecule has 0 radical (unpaired) electrons. The van der Waals surface area contributed by atoms with Crippen molar-refractivity contribution < 1.29 is 14.6 Å². The highest BCUT2D eigenvalue weighted by Crippen LogP contribution is 2.23. The highest BCUT2D eigenvalue weighted by atomic mass is 16.5. The summed E-state index contributed by atoms with van der Waals surface area (Å²) in [6, 6.07) is 12.1. The second-order valence-electron chi connectivity index (χ2n) is 4.75. The van der Waals surface area contributed by atoms with Crippen molar-refractivity contribution >= 4 is 11.7 Å². The van der Waals surface area contributed by atoms with E-state index in [0.717, 1.165) is 11.1 Å². The van der Waals surface area contributed by atoms with Crippen LogP contribution in [0.4, 0.5) is 10.5 Å². The van der Waals surface area contributed by atoms with Crippen LogP contribution in [-0.2, 0) is 0 Å². The summed E-state index contributed by atoms with van der Waals surface area (Å²) in [4.78, 5) is 11.7. The minimum atomic E-state index is -0.443. The van der Waals surface area contributed by atoms with Gasteiger partial charge in [0, 0.05) is 0 Å². The predicted molar refractivity (Wildman–Crippen MR) is 81.7 cm³/mol. The molecular formula is C16H18N2O3. The van der Waals surface area contributed by atoms with E-state index in [9.17, 15) is 9.90 Å². The van der Waals surface area contributed by atoms with Crippen molar-refractivity contribution in [2.24, 2.45) is 0 Å². The second-order valence-corrected chi connectivity index (χ2v) is 4.75. The smallest absolute Gasteiger partial charge is 0.321 e. The molecule has 0 saturated carbocycles. The Hall–Kier alpha value is -2.69. The van der Waals surface area contributed by atoms with Crippen molar-refractivity contribution in [2.75, 3.05) is 12.0 Å². The van der Waals surface area contributed by atoms with E-state index in [2.05, 4.69) is 10.6 Å². The molecule has 0 saturated heterocycles. The molecule has 0 heterocycles. The number of hydrogen-bond acceptors (Lipinski definition) is 3. The first-order valence-corrected chi connectivity index (χ1v) is 6.58. The predicted octanol–water partition coefficient (Wildman–Crippen LogP) is 3.17. The number of carbonyl (C=O) groups is 1. The Balaban J connectivity index is 1.81. The van der Waals surface area contributed by atoms with Gasteiger partial charge in [0.05, 0.1) is 5.69 Å². The van der Waals surface area contributed by atoms with Gasteiger partial charge < -0.3 is 20.5 Å². The van der Waals surface area contributed by atoms with Crippen LogP contribution in [0.1, 0.15) is 11.1 Å². The molecule has 5 heteroatoms. The Morgan fingerprint density at radius 1 is 1.10 bits per heavy atom. The highest BCUT2D eigenvalue weighted by Gasteiger charge is 2.05. The van der Waals surface area contributed by atoms with Crippen molar-refractivity contribution in [3.05, 3.63) is 53.6 Å². The number of nitrogens with one attached hydrogen (secondary N) is 2. The van der Waals surface area contributed by atoms with E-state index < -0.39 is 6.03 Å². The Kier molecular flexibility index (Phi) is 4.66. The number of ether oxygens (including phenoxy) is 1. The normalized spacial score (nSPS) is 10.0. The zero-order valence-electron chi connectivity index (χ0n) is 12.0. The zero-order chi connectivity index (χ0) is 15.2. The number of phenols is 1. The lowest BCUT2D eigenvalue weighted by molar-refractivity contribution is 0.234. The van der Waals surface area contributed by atoms with Crippen molar-refractivity contribution in [3.63, 3.8) is 0 Å². The number of urea groups is 1. The molecule has 0 fully saturated rings. The second kappa shape index (κ2) is 6.65. The van der Waals surface area contributed by atoms with Gasteiger partial charge in [-0.3, -0.25) is 0 Å². The van der Waals surface area contributed by atoms with E-state index >= 15 is 0 Å². The standard InChI is InChI=1S/C16H18N2O3/c1-11-3-6-13(7-4-11)21-10-17-16(20)18-14-8-5-12(2)9-15(14)19/h3-9,19H,10H2,1-2H3,(H2,17,18,20). The molecule has 0 aliphatic rings. The van der Waals surface area contributed by atoms with E-state index in [1.54, 1.807) is 18.2 Å². The average molecular weight is 286 g/mol. The number of phenolic OH excluding ortho intramolecular Hbond substituents is 1. The molecule has 0 aromatic heterocycles. The van der Waals surface area contributed by atoms with Crippen LogP contribution in [0.15, 0.2) is 42.5 Å². The van der Waals surface area contributed by atoms with E-state index in [4.69, 9.17) is 4.74 Å². The van der Waals surface area contributed by atoms with Crippen LogP contribution in [-0.4, -0.2) is 17.9 Å².